The van der Waals surface area contributed by atoms with E-state index < -0.39 is 11.3 Å². The van der Waals surface area contributed by atoms with E-state index in [1.165, 1.54) is 5.57 Å². The fourth-order valence-corrected chi connectivity index (χ4v) is 5.10. The van der Waals surface area contributed by atoms with Gasteiger partial charge in [-0.3, -0.25) is 14.4 Å². The fraction of sp³-hybridized carbons (Fsp3) is 0.783. The number of esters is 1. The second-order valence-corrected chi connectivity index (χ2v) is 8.62. The van der Waals surface area contributed by atoms with E-state index in [0.717, 1.165) is 50.8 Å². The van der Waals surface area contributed by atoms with Gasteiger partial charge in [0.15, 0.2) is 0 Å². The van der Waals surface area contributed by atoms with Crippen LogP contribution in [0.25, 0.3) is 0 Å². The van der Waals surface area contributed by atoms with Gasteiger partial charge in [-0.1, -0.05) is 13.3 Å². The molecule has 0 aromatic heterocycles. The van der Waals surface area contributed by atoms with Gasteiger partial charge >= 0.3 is 5.97 Å². The van der Waals surface area contributed by atoms with Crippen molar-refractivity contribution >= 4 is 17.8 Å². The predicted molar refractivity (Wildman–Crippen MR) is 112 cm³/mol. The Morgan fingerprint density at radius 3 is 2.77 bits per heavy atom. The van der Waals surface area contributed by atoms with E-state index in [2.05, 4.69) is 12.2 Å². The molecule has 0 aromatic rings. The topological polar surface area (TPSA) is 84.9 Å². The van der Waals surface area contributed by atoms with E-state index >= 15 is 0 Å². The maximum atomic E-state index is 13.2. The van der Waals surface area contributed by atoms with Gasteiger partial charge in [0.1, 0.15) is 5.41 Å². The van der Waals surface area contributed by atoms with Gasteiger partial charge < -0.3 is 19.7 Å². The molecule has 0 radical (unpaired) electrons. The molecule has 1 fully saturated rings. The average molecular weight is 421 g/mol. The molecule has 2 atom stereocenters. The number of piperidine rings is 1. The predicted octanol–water partition coefficient (Wildman–Crippen LogP) is 2.94. The van der Waals surface area contributed by atoms with Crippen LogP contribution in [0.15, 0.2) is 11.3 Å². The monoisotopic (exact) mass is 420 g/mol. The second-order valence-electron chi connectivity index (χ2n) is 8.62. The molecule has 3 rings (SSSR count). The summed E-state index contributed by atoms with van der Waals surface area (Å²) in [7, 11) is 0. The van der Waals surface area contributed by atoms with E-state index in [1.807, 2.05) is 6.92 Å². The Morgan fingerprint density at radius 1 is 1.20 bits per heavy atom. The van der Waals surface area contributed by atoms with E-state index in [1.54, 1.807) is 4.90 Å². The zero-order valence-electron chi connectivity index (χ0n) is 18.5. The molecule has 0 bridgehead atoms. The molecule has 1 N–H and O–H groups in total. The van der Waals surface area contributed by atoms with Crippen LogP contribution in [0.2, 0.25) is 0 Å². The van der Waals surface area contributed by atoms with Crippen molar-refractivity contribution in [2.24, 2.45) is 11.3 Å². The normalized spacial score (nSPS) is 25.3. The minimum Gasteiger partial charge on any atom is -0.465 e. The van der Waals surface area contributed by atoms with Crippen molar-refractivity contribution in [1.29, 1.82) is 0 Å². The van der Waals surface area contributed by atoms with Crippen LogP contribution in [-0.2, 0) is 23.9 Å². The quantitative estimate of drug-likeness (QED) is 0.410. The Morgan fingerprint density at radius 2 is 2.00 bits per heavy atom. The van der Waals surface area contributed by atoms with Crippen LogP contribution >= 0.6 is 0 Å². The number of allylic oxidation sites excluding steroid dienone is 1. The number of nitrogens with zero attached hydrogens (tertiary/aromatic N) is 1. The molecule has 2 aliphatic heterocycles. The summed E-state index contributed by atoms with van der Waals surface area (Å²) in [5.74, 6) is -0.855. The van der Waals surface area contributed by atoms with Gasteiger partial charge in [0.25, 0.3) is 0 Å². The fourth-order valence-electron chi connectivity index (χ4n) is 5.10. The first-order valence-electron chi connectivity index (χ1n) is 11.6. The van der Waals surface area contributed by atoms with Crippen LogP contribution in [0.3, 0.4) is 0 Å². The molecule has 0 aromatic carbocycles. The smallest absolute Gasteiger partial charge is 0.318 e. The van der Waals surface area contributed by atoms with Gasteiger partial charge in [0.05, 0.1) is 6.61 Å². The molecule has 0 unspecified atom stereocenters. The Bertz CT molecular complexity index is 689. The highest BCUT2D eigenvalue weighted by atomic mass is 16.5. The molecule has 7 nitrogen and oxygen atoms in total. The van der Waals surface area contributed by atoms with Gasteiger partial charge in [-0.15, -0.1) is 0 Å². The van der Waals surface area contributed by atoms with Crippen molar-refractivity contribution in [3.05, 3.63) is 11.3 Å². The van der Waals surface area contributed by atoms with Crippen LogP contribution < -0.4 is 5.32 Å². The molecular formula is C23H36N2O5. The molecule has 30 heavy (non-hydrogen) atoms. The summed E-state index contributed by atoms with van der Waals surface area (Å²) in [6.07, 6.45) is 6.81. The van der Waals surface area contributed by atoms with Crippen LogP contribution in [0, 0.1) is 11.3 Å². The van der Waals surface area contributed by atoms with Crippen LogP contribution in [0.1, 0.15) is 71.6 Å². The number of carbonyl (C=O) groups excluding carboxylic acids is 3. The lowest BCUT2D eigenvalue weighted by Gasteiger charge is -2.45. The molecule has 1 aliphatic carbocycles. The largest absolute Gasteiger partial charge is 0.465 e. The molecular weight excluding hydrogens is 384 g/mol. The van der Waals surface area contributed by atoms with Gasteiger partial charge in [-0.2, -0.15) is 0 Å². The van der Waals surface area contributed by atoms with E-state index in [0.29, 0.717) is 39.1 Å². The van der Waals surface area contributed by atoms with Crippen LogP contribution in [-0.4, -0.2) is 55.6 Å². The summed E-state index contributed by atoms with van der Waals surface area (Å²) in [6, 6.07) is 0. The summed E-state index contributed by atoms with van der Waals surface area (Å²) in [6.45, 7) is 6.80. The number of rotatable bonds is 11. The van der Waals surface area contributed by atoms with Gasteiger partial charge in [0.2, 0.25) is 11.8 Å². The number of hydrogen-bond donors (Lipinski definition) is 1. The molecule has 0 spiro atoms. The Labute approximate surface area is 179 Å². The van der Waals surface area contributed by atoms with Gasteiger partial charge in [0, 0.05) is 44.3 Å². The summed E-state index contributed by atoms with van der Waals surface area (Å²) >= 11 is 0. The first kappa shape index (κ1) is 22.8. The van der Waals surface area contributed by atoms with E-state index in [9.17, 15) is 14.4 Å². The zero-order valence-corrected chi connectivity index (χ0v) is 18.5. The molecule has 1 saturated heterocycles. The number of unbranched alkanes of at least 4 members (excludes halogenated alkanes) is 1. The zero-order chi connectivity index (χ0) is 21.6. The summed E-state index contributed by atoms with van der Waals surface area (Å²) < 4.78 is 10.9. The van der Waals surface area contributed by atoms with E-state index in [4.69, 9.17) is 9.47 Å². The molecule has 3 aliphatic rings. The standard InChI is InChI=1S/C23H36N2O5/c1-3-5-13-29-14-7-11-24-19(26)15-18-16-23(22(28)30-4-2)10-9-17-8-6-12-25(20(17)23)21(18)27/h18H,3-16H2,1-2H3,(H,24,26)/t18-,23-/m0/s1. The Kier molecular flexibility index (Phi) is 7.92. The van der Waals surface area contributed by atoms with Crippen LogP contribution in [0.4, 0.5) is 0 Å². The highest BCUT2D eigenvalue weighted by Gasteiger charge is 2.57. The molecule has 0 saturated carbocycles. The summed E-state index contributed by atoms with van der Waals surface area (Å²) in [5.41, 5.74) is 1.38. The number of ether oxygens (including phenoxy) is 2. The highest BCUT2D eigenvalue weighted by molar-refractivity contribution is 5.93. The molecule has 2 heterocycles. The SMILES string of the molecule is CCCCOCCCNC(=O)C[C@H]1C[C@@]2(C(=O)OCC)CCC3=C2N(CCC3)C1=O. The third-order valence-corrected chi connectivity index (χ3v) is 6.51. The lowest BCUT2D eigenvalue weighted by atomic mass is 9.71. The lowest BCUT2D eigenvalue weighted by Crippen LogP contribution is -2.53. The van der Waals surface area contributed by atoms with Crippen molar-refractivity contribution in [3.8, 4) is 0 Å². The highest BCUT2D eigenvalue weighted by Crippen LogP contribution is 2.55. The Balaban J connectivity index is 1.60. The van der Waals surface area contributed by atoms with Crippen molar-refractivity contribution in [2.45, 2.75) is 71.6 Å². The minimum absolute atomic E-state index is 0.0120. The van der Waals surface area contributed by atoms with Crippen molar-refractivity contribution in [2.75, 3.05) is 32.9 Å². The number of amides is 2. The van der Waals surface area contributed by atoms with Crippen molar-refractivity contribution < 1.29 is 23.9 Å². The second kappa shape index (κ2) is 10.4. The third-order valence-electron chi connectivity index (χ3n) is 6.51. The van der Waals surface area contributed by atoms with Crippen molar-refractivity contribution in [3.63, 3.8) is 0 Å². The molecule has 168 valence electrons. The maximum absolute atomic E-state index is 13.2. The van der Waals surface area contributed by atoms with Gasteiger partial charge in [-0.25, -0.2) is 0 Å². The first-order valence-corrected chi connectivity index (χ1v) is 11.6. The minimum atomic E-state index is -0.752. The average Bonchev–Trinajstić information content (AvgIpc) is 3.12. The van der Waals surface area contributed by atoms with Crippen molar-refractivity contribution in [1.82, 2.24) is 10.2 Å². The van der Waals surface area contributed by atoms with E-state index in [-0.39, 0.29) is 24.2 Å². The van der Waals surface area contributed by atoms with Crippen LogP contribution in [0.5, 0.6) is 0 Å². The Hall–Kier alpha value is -1.89. The number of hydrogen-bond acceptors (Lipinski definition) is 5. The maximum Gasteiger partial charge on any atom is 0.318 e. The van der Waals surface area contributed by atoms with Gasteiger partial charge in [-0.05, 0) is 57.4 Å². The molecule has 7 heteroatoms. The first-order chi connectivity index (χ1) is 14.5. The number of carbonyl (C=O) groups is 3. The summed E-state index contributed by atoms with van der Waals surface area (Å²) in [4.78, 5) is 40.4. The molecule has 2 amide bonds. The third kappa shape index (κ3) is 4.71. The lowest BCUT2D eigenvalue weighted by molar-refractivity contribution is -0.161. The summed E-state index contributed by atoms with van der Waals surface area (Å²) in [5, 5.41) is 2.91. The number of nitrogens with one attached hydrogen (secondary N) is 1.